The Hall–Kier alpha value is -2.41. The third kappa shape index (κ3) is 6.06. The van der Waals surface area contributed by atoms with E-state index in [1.807, 2.05) is 6.92 Å². The summed E-state index contributed by atoms with van der Waals surface area (Å²) in [7, 11) is 0. The molecule has 0 unspecified atom stereocenters. The summed E-state index contributed by atoms with van der Waals surface area (Å²) in [5.41, 5.74) is 2.36. The Morgan fingerprint density at radius 2 is 1.65 bits per heavy atom. The molecule has 0 radical (unpaired) electrons. The minimum Gasteiger partial charge on any atom is -0.481 e. The van der Waals surface area contributed by atoms with Crippen LogP contribution in [0.1, 0.15) is 50.2 Å². The van der Waals surface area contributed by atoms with E-state index in [1.165, 1.54) is 5.56 Å². The van der Waals surface area contributed by atoms with Crippen LogP contribution in [0.2, 0.25) is 0 Å². The Labute approximate surface area is 184 Å². The van der Waals surface area contributed by atoms with Crippen molar-refractivity contribution in [3.63, 3.8) is 0 Å². The van der Waals surface area contributed by atoms with Crippen LogP contribution in [0.15, 0.2) is 24.3 Å². The topological polar surface area (TPSA) is 87.2 Å². The summed E-state index contributed by atoms with van der Waals surface area (Å²) >= 11 is 0. The molecule has 170 valence electrons. The number of likely N-dealkylation sites (tertiary alicyclic amines) is 2. The number of rotatable bonds is 7. The quantitative estimate of drug-likeness (QED) is 0.719. The molecular formula is C24H34N2O5. The van der Waals surface area contributed by atoms with Gasteiger partial charge in [0.15, 0.2) is 0 Å². The van der Waals surface area contributed by atoms with Gasteiger partial charge in [-0.05, 0) is 38.2 Å². The van der Waals surface area contributed by atoms with Gasteiger partial charge >= 0.3 is 5.97 Å². The smallest absolute Gasteiger partial charge is 0.309 e. The van der Waals surface area contributed by atoms with E-state index in [0.29, 0.717) is 39.1 Å². The fourth-order valence-electron chi connectivity index (χ4n) is 4.47. The zero-order valence-electron chi connectivity index (χ0n) is 18.6. The number of piperidine rings is 2. The Morgan fingerprint density at radius 3 is 2.26 bits per heavy atom. The minimum absolute atomic E-state index is 0.0220. The van der Waals surface area contributed by atoms with Gasteiger partial charge in [-0.25, -0.2) is 0 Å². The second kappa shape index (κ2) is 10.8. The molecule has 0 saturated carbocycles. The average molecular weight is 431 g/mol. The molecule has 2 amide bonds. The van der Waals surface area contributed by atoms with Gasteiger partial charge < -0.3 is 19.6 Å². The second-order valence-corrected chi connectivity index (χ2v) is 8.75. The zero-order chi connectivity index (χ0) is 22.4. The maximum Gasteiger partial charge on any atom is 0.309 e. The van der Waals surface area contributed by atoms with Crippen molar-refractivity contribution in [1.29, 1.82) is 0 Å². The van der Waals surface area contributed by atoms with E-state index in [1.54, 1.807) is 9.80 Å². The lowest BCUT2D eigenvalue weighted by molar-refractivity contribution is -0.157. The highest BCUT2D eigenvalue weighted by molar-refractivity contribution is 5.86. The van der Waals surface area contributed by atoms with Gasteiger partial charge in [0, 0.05) is 32.6 Å². The van der Waals surface area contributed by atoms with Crippen molar-refractivity contribution in [3.05, 3.63) is 35.4 Å². The first-order valence-corrected chi connectivity index (χ1v) is 11.4. The van der Waals surface area contributed by atoms with Crippen molar-refractivity contribution in [2.75, 3.05) is 26.2 Å². The highest BCUT2D eigenvalue weighted by Crippen LogP contribution is 2.28. The summed E-state index contributed by atoms with van der Waals surface area (Å²) in [6.07, 6.45) is 3.17. The summed E-state index contributed by atoms with van der Waals surface area (Å²) in [6, 6.07) is 8.27. The zero-order valence-corrected chi connectivity index (χ0v) is 18.6. The number of carboxylic acids is 1. The fourth-order valence-corrected chi connectivity index (χ4v) is 4.47. The van der Waals surface area contributed by atoms with Crippen LogP contribution >= 0.6 is 0 Å². The number of carbonyl (C=O) groups is 3. The number of carboxylic acid groups (broad SMARTS) is 1. The van der Waals surface area contributed by atoms with Crippen molar-refractivity contribution in [2.45, 2.75) is 58.7 Å². The number of aryl methyl sites for hydroxylation is 1. The Morgan fingerprint density at radius 1 is 1.00 bits per heavy atom. The molecule has 2 atom stereocenters. The van der Waals surface area contributed by atoms with Crippen molar-refractivity contribution in [1.82, 2.24) is 9.80 Å². The van der Waals surface area contributed by atoms with Crippen LogP contribution < -0.4 is 0 Å². The van der Waals surface area contributed by atoms with Crippen molar-refractivity contribution in [3.8, 4) is 0 Å². The number of nitrogens with zero attached hydrogens (tertiary/aromatic N) is 2. The van der Waals surface area contributed by atoms with Crippen LogP contribution in [0.25, 0.3) is 0 Å². The monoisotopic (exact) mass is 430 g/mol. The third-order valence-electron chi connectivity index (χ3n) is 6.42. The number of ether oxygens (including phenoxy) is 1. The molecule has 2 aliphatic rings. The molecule has 0 aromatic heterocycles. The second-order valence-electron chi connectivity index (χ2n) is 8.75. The number of hydrogen-bond acceptors (Lipinski definition) is 4. The van der Waals surface area contributed by atoms with Gasteiger partial charge in [0.1, 0.15) is 0 Å². The van der Waals surface area contributed by atoms with Gasteiger partial charge in [0.25, 0.3) is 0 Å². The number of benzene rings is 1. The van der Waals surface area contributed by atoms with Gasteiger partial charge in [0.2, 0.25) is 11.8 Å². The Kier molecular flexibility index (Phi) is 8.07. The van der Waals surface area contributed by atoms with Crippen molar-refractivity contribution in [2.24, 2.45) is 11.8 Å². The first-order valence-electron chi connectivity index (χ1n) is 11.4. The predicted molar refractivity (Wildman–Crippen MR) is 116 cm³/mol. The molecule has 1 aromatic rings. The normalized spacial score (nSPS) is 22.4. The van der Waals surface area contributed by atoms with Gasteiger partial charge in [-0.1, -0.05) is 36.8 Å². The molecule has 2 fully saturated rings. The Bertz CT molecular complexity index is 771. The molecule has 31 heavy (non-hydrogen) atoms. The summed E-state index contributed by atoms with van der Waals surface area (Å²) in [5.74, 6) is -2.51. The first-order chi connectivity index (χ1) is 14.9. The molecule has 1 aromatic carbocycles. The van der Waals surface area contributed by atoms with E-state index >= 15 is 0 Å². The largest absolute Gasteiger partial charge is 0.481 e. The standard InChI is InChI=1S/C24H34N2O5/c1-3-4-22(27)26-14-11-20(21(15-26)24(29)30)23(28)25-12-9-19(10-13-25)31-16-18-7-5-17(2)6-8-18/h5-8,19-21H,3-4,9-16H2,1-2H3,(H,29,30)/t20-,21-/m0/s1. The van der Waals surface area contributed by atoms with E-state index in [2.05, 4.69) is 31.2 Å². The summed E-state index contributed by atoms with van der Waals surface area (Å²) in [5, 5.41) is 9.69. The van der Waals surface area contributed by atoms with Gasteiger partial charge in [-0.15, -0.1) is 0 Å². The lowest BCUT2D eigenvalue weighted by Crippen LogP contribution is -2.53. The number of amides is 2. The van der Waals surface area contributed by atoms with Crippen LogP contribution in [0.5, 0.6) is 0 Å². The van der Waals surface area contributed by atoms with Gasteiger partial charge in [-0.3, -0.25) is 14.4 Å². The highest BCUT2D eigenvalue weighted by Gasteiger charge is 2.42. The molecule has 7 heteroatoms. The van der Waals surface area contributed by atoms with Crippen LogP contribution in [0, 0.1) is 18.8 Å². The van der Waals surface area contributed by atoms with Crippen LogP contribution in [0.3, 0.4) is 0 Å². The van der Waals surface area contributed by atoms with E-state index in [0.717, 1.165) is 24.8 Å². The summed E-state index contributed by atoms with van der Waals surface area (Å²) in [6.45, 7) is 6.29. The highest BCUT2D eigenvalue weighted by atomic mass is 16.5. The fraction of sp³-hybridized carbons (Fsp3) is 0.625. The maximum absolute atomic E-state index is 13.1. The van der Waals surface area contributed by atoms with Crippen LogP contribution in [-0.4, -0.2) is 65.0 Å². The average Bonchev–Trinajstić information content (AvgIpc) is 2.78. The molecule has 0 spiro atoms. The lowest BCUT2D eigenvalue weighted by Gasteiger charge is -2.40. The van der Waals surface area contributed by atoms with Crippen molar-refractivity contribution >= 4 is 17.8 Å². The summed E-state index contributed by atoms with van der Waals surface area (Å²) in [4.78, 5) is 40.5. The maximum atomic E-state index is 13.1. The molecule has 2 heterocycles. The molecule has 3 rings (SSSR count). The van der Waals surface area contributed by atoms with E-state index < -0.39 is 17.8 Å². The summed E-state index contributed by atoms with van der Waals surface area (Å²) < 4.78 is 6.03. The third-order valence-corrected chi connectivity index (χ3v) is 6.42. The number of hydrogen-bond donors (Lipinski definition) is 1. The van der Waals surface area contributed by atoms with Crippen LogP contribution in [-0.2, 0) is 25.7 Å². The van der Waals surface area contributed by atoms with E-state index in [4.69, 9.17) is 4.74 Å². The lowest BCUT2D eigenvalue weighted by atomic mass is 9.83. The molecule has 0 aliphatic carbocycles. The molecule has 7 nitrogen and oxygen atoms in total. The molecule has 1 N–H and O–H groups in total. The van der Waals surface area contributed by atoms with Crippen LogP contribution in [0.4, 0.5) is 0 Å². The SMILES string of the molecule is CCCC(=O)N1CC[C@H](C(=O)N2CCC(OCc3ccc(C)cc3)CC2)[C@@H](C(=O)O)C1. The number of aliphatic carboxylic acids is 1. The Balaban J connectivity index is 1.50. The minimum atomic E-state index is -0.997. The number of carbonyl (C=O) groups excluding carboxylic acids is 2. The van der Waals surface area contributed by atoms with Crippen molar-refractivity contribution < 1.29 is 24.2 Å². The molecular weight excluding hydrogens is 396 g/mol. The van der Waals surface area contributed by atoms with Gasteiger partial charge in [-0.2, -0.15) is 0 Å². The molecule has 0 bridgehead atoms. The van der Waals surface area contributed by atoms with E-state index in [9.17, 15) is 19.5 Å². The van der Waals surface area contributed by atoms with E-state index in [-0.39, 0.29) is 24.5 Å². The predicted octanol–water partition coefficient (Wildman–Crippen LogP) is 2.85. The molecule has 2 aliphatic heterocycles. The first kappa shape index (κ1) is 23.3. The molecule has 2 saturated heterocycles. The van der Waals surface area contributed by atoms with Gasteiger partial charge in [0.05, 0.1) is 24.5 Å².